The molecule has 38 heavy (non-hydrogen) atoms. The van der Waals surface area contributed by atoms with Crippen molar-refractivity contribution in [3.63, 3.8) is 0 Å². The Bertz CT molecular complexity index is 1340. The van der Waals surface area contributed by atoms with E-state index in [-0.39, 0.29) is 17.1 Å². The van der Waals surface area contributed by atoms with Crippen molar-refractivity contribution in [1.29, 1.82) is 0 Å². The van der Waals surface area contributed by atoms with Crippen LogP contribution in [-0.2, 0) is 26.2 Å². The van der Waals surface area contributed by atoms with Gasteiger partial charge in [-0.15, -0.1) is 0 Å². The molecule has 8 nitrogen and oxygen atoms in total. The van der Waals surface area contributed by atoms with Crippen LogP contribution in [0.5, 0.6) is 5.75 Å². The van der Waals surface area contributed by atoms with Gasteiger partial charge in [-0.1, -0.05) is 29.8 Å². The summed E-state index contributed by atoms with van der Waals surface area (Å²) in [5.74, 6) is -0.900. The third kappa shape index (κ3) is 6.89. The van der Waals surface area contributed by atoms with Crippen molar-refractivity contribution in [2.24, 2.45) is 0 Å². The summed E-state index contributed by atoms with van der Waals surface area (Å²) in [7, 11) is -2.71. The Morgan fingerprint density at radius 3 is 2.13 bits per heavy atom. The second-order valence-corrected chi connectivity index (χ2v) is 10.6. The van der Waals surface area contributed by atoms with Crippen molar-refractivity contribution in [2.75, 3.05) is 24.5 Å². The number of benzene rings is 3. The van der Waals surface area contributed by atoms with Crippen molar-refractivity contribution in [2.45, 2.75) is 38.3 Å². The van der Waals surface area contributed by atoms with Gasteiger partial charge in [0.1, 0.15) is 24.2 Å². The molecule has 2 amide bonds. The SMILES string of the molecule is CCOc1ccc(N(CC(=O)N(Cc2ccc(F)cc2)C(C)C(=O)NC)S(=O)(=O)c2ccc(C)cc2)cc1. The number of carbonyl (C=O) groups excluding carboxylic acids is 2. The first-order chi connectivity index (χ1) is 18.1. The Labute approximate surface area is 223 Å². The van der Waals surface area contributed by atoms with Gasteiger partial charge in [0.05, 0.1) is 17.2 Å². The molecule has 10 heteroatoms. The second kappa shape index (κ2) is 12.6. The number of hydrogen-bond donors (Lipinski definition) is 1. The zero-order valence-electron chi connectivity index (χ0n) is 21.8. The minimum absolute atomic E-state index is 0.0185. The van der Waals surface area contributed by atoms with Gasteiger partial charge in [0.2, 0.25) is 11.8 Å². The summed E-state index contributed by atoms with van der Waals surface area (Å²) in [5, 5.41) is 2.52. The first-order valence-corrected chi connectivity index (χ1v) is 13.6. The molecule has 0 radical (unpaired) electrons. The summed E-state index contributed by atoms with van der Waals surface area (Å²) >= 11 is 0. The van der Waals surface area contributed by atoms with E-state index in [2.05, 4.69) is 5.32 Å². The quantitative estimate of drug-likeness (QED) is 0.397. The lowest BCUT2D eigenvalue weighted by Crippen LogP contribution is -2.50. The van der Waals surface area contributed by atoms with Gasteiger partial charge in [-0.25, -0.2) is 12.8 Å². The number of sulfonamides is 1. The largest absolute Gasteiger partial charge is 0.494 e. The van der Waals surface area contributed by atoms with E-state index in [4.69, 9.17) is 4.74 Å². The van der Waals surface area contributed by atoms with Gasteiger partial charge in [-0.2, -0.15) is 0 Å². The fourth-order valence-electron chi connectivity index (χ4n) is 3.82. The normalized spacial score (nSPS) is 11.9. The standard InChI is InChI=1S/C28H32FN3O5S/c1-5-37-25-14-12-24(13-15-25)32(38(35,36)26-16-6-20(2)7-17-26)19-27(33)31(21(3)28(34)30-4)18-22-8-10-23(29)11-9-22/h6-17,21H,5,18-19H2,1-4H3,(H,30,34). The Kier molecular flexibility index (Phi) is 9.46. The third-order valence-electron chi connectivity index (χ3n) is 6.00. The Balaban J connectivity index is 2.02. The van der Waals surface area contributed by atoms with E-state index in [1.54, 1.807) is 43.3 Å². The minimum Gasteiger partial charge on any atom is -0.494 e. The molecule has 1 N–H and O–H groups in total. The van der Waals surface area contributed by atoms with Crippen molar-refractivity contribution >= 4 is 27.5 Å². The van der Waals surface area contributed by atoms with E-state index in [1.165, 1.54) is 48.3 Å². The van der Waals surface area contributed by atoms with Crippen LogP contribution >= 0.6 is 0 Å². The molecule has 0 spiro atoms. The number of anilines is 1. The van der Waals surface area contributed by atoms with Gasteiger partial charge in [0, 0.05) is 13.6 Å². The van der Waals surface area contributed by atoms with Gasteiger partial charge in [0.15, 0.2) is 0 Å². The maximum absolute atomic E-state index is 13.8. The van der Waals surface area contributed by atoms with Crippen LogP contribution in [0.25, 0.3) is 0 Å². The number of hydrogen-bond acceptors (Lipinski definition) is 5. The summed E-state index contributed by atoms with van der Waals surface area (Å²) in [6.07, 6.45) is 0. The highest BCUT2D eigenvalue weighted by molar-refractivity contribution is 7.92. The van der Waals surface area contributed by atoms with E-state index in [0.717, 1.165) is 9.87 Å². The zero-order chi connectivity index (χ0) is 27.9. The molecule has 0 fully saturated rings. The second-order valence-electron chi connectivity index (χ2n) is 8.69. The summed E-state index contributed by atoms with van der Waals surface area (Å²) in [6, 6.07) is 17.4. The lowest BCUT2D eigenvalue weighted by molar-refractivity contribution is -0.139. The lowest BCUT2D eigenvalue weighted by Gasteiger charge is -2.31. The molecule has 0 bridgehead atoms. The van der Waals surface area contributed by atoms with E-state index in [9.17, 15) is 22.4 Å². The average molecular weight is 542 g/mol. The summed E-state index contributed by atoms with van der Waals surface area (Å²) in [5.41, 5.74) is 1.73. The van der Waals surface area contributed by atoms with Gasteiger partial charge < -0.3 is 15.0 Å². The van der Waals surface area contributed by atoms with Crippen LogP contribution in [0.3, 0.4) is 0 Å². The van der Waals surface area contributed by atoms with E-state index < -0.39 is 40.2 Å². The van der Waals surface area contributed by atoms with Crippen LogP contribution in [0.15, 0.2) is 77.7 Å². The van der Waals surface area contributed by atoms with Crippen LogP contribution in [0.4, 0.5) is 10.1 Å². The number of amides is 2. The van der Waals surface area contributed by atoms with Crippen LogP contribution in [0, 0.1) is 12.7 Å². The molecule has 0 aliphatic rings. The fourth-order valence-corrected chi connectivity index (χ4v) is 5.23. The minimum atomic E-state index is -4.16. The molecule has 202 valence electrons. The highest BCUT2D eigenvalue weighted by Crippen LogP contribution is 2.27. The zero-order valence-corrected chi connectivity index (χ0v) is 22.7. The number of rotatable bonds is 11. The van der Waals surface area contributed by atoms with Gasteiger partial charge in [-0.3, -0.25) is 13.9 Å². The van der Waals surface area contributed by atoms with Crippen molar-refractivity contribution in [1.82, 2.24) is 10.2 Å². The molecule has 1 unspecified atom stereocenters. The predicted molar refractivity (Wildman–Crippen MR) is 144 cm³/mol. The molecule has 0 aliphatic heterocycles. The maximum Gasteiger partial charge on any atom is 0.264 e. The highest BCUT2D eigenvalue weighted by atomic mass is 32.2. The van der Waals surface area contributed by atoms with Crippen molar-refractivity contribution < 1.29 is 27.1 Å². The number of halogens is 1. The smallest absolute Gasteiger partial charge is 0.264 e. The molecule has 0 heterocycles. The van der Waals surface area contributed by atoms with Crippen LogP contribution in [0.1, 0.15) is 25.0 Å². The summed E-state index contributed by atoms with van der Waals surface area (Å²) < 4.78 is 47.5. The first kappa shape index (κ1) is 28.6. The molecule has 0 aromatic heterocycles. The number of carbonyl (C=O) groups is 2. The molecular weight excluding hydrogens is 509 g/mol. The lowest BCUT2D eigenvalue weighted by atomic mass is 10.1. The Morgan fingerprint density at radius 1 is 0.974 bits per heavy atom. The molecule has 0 aliphatic carbocycles. The van der Waals surface area contributed by atoms with E-state index in [1.807, 2.05) is 13.8 Å². The number of ether oxygens (including phenoxy) is 1. The summed E-state index contributed by atoms with van der Waals surface area (Å²) in [6.45, 7) is 5.10. The molecular formula is C28H32FN3O5S. The number of nitrogens with one attached hydrogen (secondary N) is 1. The van der Waals surface area contributed by atoms with Gasteiger partial charge in [0.25, 0.3) is 10.0 Å². The number of aryl methyl sites for hydroxylation is 1. The third-order valence-corrected chi connectivity index (χ3v) is 7.79. The fraction of sp³-hybridized carbons (Fsp3) is 0.286. The number of nitrogens with zero attached hydrogens (tertiary/aromatic N) is 2. The van der Waals surface area contributed by atoms with E-state index in [0.29, 0.717) is 17.9 Å². The van der Waals surface area contributed by atoms with Gasteiger partial charge in [-0.05, 0) is 74.9 Å². The molecule has 3 rings (SSSR count). The molecule has 1 atom stereocenters. The van der Waals surface area contributed by atoms with Crippen LogP contribution in [0.2, 0.25) is 0 Å². The number of likely N-dealkylation sites (N-methyl/N-ethyl adjacent to an activating group) is 1. The predicted octanol–water partition coefficient (Wildman–Crippen LogP) is 3.89. The monoisotopic (exact) mass is 541 g/mol. The average Bonchev–Trinajstić information content (AvgIpc) is 2.91. The van der Waals surface area contributed by atoms with Crippen LogP contribution < -0.4 is 14.4 Å². The molecule has 3 aromatic rings. The van der Waals surface area contributed by atoms with Crippen LogP contribution in [-0.4, -0.2) is 51.4 Å². The molecule has 0 saturated heterocycles. The van der Waals surface area contributed by atoms with Crippen molar-refractivity contribution in [3.05, 3.63) is 89.7 Å². The highest BCUT2D eigenvalue weighted by Gasteiger charge is 2.32. The topological polar surface area (TPSA) is 96.0 Å². The Hall–Kier alpha value is -3.92. The first-order valence-electron chi connectivity index (χ1n) is 12.1. The summed E-state index contributed by atoms with van der Waals surface area (Å²) in [4.78, 5) is 27.5. The van der Waals surface area contributed by atoms with Gasteiger partial charge >= 0.3 is 0 Å². The maximum atomic E-state index is 13.8. The molecule has 0 saturated carbocycles. The van der Waals surface area contributed by atoms with Crippen molar-refractivity contribution in [3.8, 4) is 5.75 Å². The van der Waals surface area contributed by atoms with E-state index >= 15 is 0 Å². The molecule has 3 aromatic carbocycles. The Morgan fingerprint density at radius 2 is 1.58 bits per heavy atom.